The van der Waals surface area contributed by atoms with Gasteiger partial charge in [0.1, 0.15) is 0 Å². The van der Waals surface area contributed by atoms with E-state index in [0.29, 0.717) is 29.0 Å². The summed E-state index contributed by atoms with van der Waals surface area (Å²) in [6.07, 6.45) is 8.41. The van der Waals surface area contributed by atoms with Crippen LogP contribution < -0.4 is 5.56 Å². The lowest BCUT2D eigenvalue weighted by molar-refractivity contribution is -0.140. The molecule has 2 aromatic rings. The molecule has 0 spiro atoms. The van der Waals surface area contributed by atoms with Gasteiger partial charge in [0.25, 0.3) is 5.56 Å². The summed E-state index contributed by atoms with van der Waals surface area (Å²) in [5.74, 6) is -0.0643. The zero-order valence-corrected chi connectivity index (χ0v) is 19.2. The highest BCUT2D eigenvalue weighted by Crippen LogP contribution is 2.39. The van der Waals surface area contributed by atoms with Crippen LogP contribution >= 0.6 is 11.6 Å². The number of hydrogen-bond donors (Lipinski definition) is 2. The minimum atomic E-state index is -0.932. The number of hydrogen-bond acceptors (Lipinski definition) is 3. The molecule has 1 heterocycles. The highest BCUT2D eigenvalue weighted by atomic mass is 35.5. The fourth-order valence-corrected chi connectivity index (χ4v) is 4.94. The van der Waals surface area contributed by atoms with Crippen LogP contribution in [0.25, 0.3) is 5.57 Å². The monoisotopic (exact) mass is 455 g/mol. The minimum Gasteiger partial charge on any atom is -0.481 e. The van der Waals surface area contributed by atoms with Crippen molar-refractivity contribution in [3.05, 3.63) is 74.2 Å². The van der Waals surface area contributed by atoms with Gasteiger partial charge in [0.2, 0.25) is 0 Å². The van der Waals surface area contributed by atoms with E-state index < -0.39 is 12.1 Å². The molecule has 0 saturated heterocycles. The second-order valence-electron chi connectivity index (χ2n) is 8.83. The number of rotatable bonds is 9. The van der Waals surface area contributed by atoms with Gasteiger partial charge in [0, 0.05) is 28.5 Å². The van der Waals surface area contributed by atoms with E-state index >= 15 is 0 Å². The van der Waals surface area contributed by atoms with Gasteiger partial charge in [-0.1, -0.05) is 48.7 Å². The zero-order chi connectivity index (χ0) is 22.7. The Bertz CT molecular complexity index is 1060. The molecule has 170 valence electrons. The van der Waals surface area contributed by atoms with Gasteiger partial charge in [-0.3, -0.25) is 9.59 Å². The summed E-state index contributed by atoms with van der Waals surface area (Å²) < 4.78 is 5.64. The standard InChI is InChI=1S/C26H30ClNO4/c1-2-32-24(15-25(29)30)20-10-9-18(14-22(20)27)21(13-16-5-3-4-6-16)23-12-11-19(17-7-8-17)26(31)28-23/h9-14,16-17,24H,2-8,15H2,1H3,(H,28,31)(H,29,30)/b21-13+. The number of benzene rings is 1. The number of carbonyl (C=O) groups is 1. The predicted molar refractivity (Wildman–Crippen MR) is 126 cm³/mol. The van der Waals surface area contributed by atoms with Gasteiger partial charge in [0.15, 0.2) is 0 Å². The van der Waals surface area contributed by atoms with Crippen LogP contribution in [-0.2, 0) is 9.53 Å². The minimum absolute atomic E-state index is 0.0112. The first-order chi connectivity index (χ1) is 15.5. The smallest absolute Gasteiger partial charge is 0.306 e. The Morgan fingerprint density at radius 2 is 1.97 bits per heavy atom. The SMILES string of the molecule is CCOC(CC(=O)O)c1ccc(/C(=C\C2CCCC2)c2ccc(C3CC3)c(=O)[nH]2)cc1Cl. The Morgan fingerprint density at radius 1 is 1.22 bits per heavy atom. The van der Waals surface area contributed by atoms with Crippen LogP contribution in [-0.4, -0.2) is 22.7 Å². The first kappa shape index (κ1) is 22.8. The fourth-order valence-electron chi connectivity index (χ4n) is 4.63. The van der Waals surface area contributed by atoms with E-state index in [1.807, 2.05) is 37.3 Å². The lowest BCUT2D eigenvalue weighted by Gasteiger charge is -2.19. The van der Waals surface area contributed by atoms with Gasteiger partial charge < -0.3 is 14.8 Å². The van der Waals surface area contributed by atoms with Crippen molar-refractivity contribution in [2.24, 2.45) is 5.92 Å². The second-order valence-corrected chi connectivity index (χ2v) is 9.24. The number of H-pyrrole nitrogens is 1. The normalized spacial score (nSPS) is 18.1. The summed E-state index contributed by atoms with van der Waals surface area (Å²) in [5, 5.41) is 9.71. The van der Waals surface area contributed by atoms with Crippen LogP contribution in [0.5, 0.6) is 0 Å². The van der Waals surface area contributed by atoms with Crippen LogP contribution in [0.2, 0.25) is 5.02 Å². The van der Waals surface area contributed by atoms with Gasteiger partial charge in [-0.05, 0) is 67.7 Å². The van der Waals surface area contributed by atoms with Crippen LogP contribution in [0.15, 0.2) is 41.2 Å². The maximum absolute atomic E-state index is 12.7. The molecule has 0 amide bonds. The molecule has 2 aliphatic rings. The Morgan fingerprint density at radius 3 is 2.56 bits per heavy atom. The van der Waals surface area contributed by atoms with Crippen molar-refractivity contribution in [2.45, 2.75) is 63.9 Å². The van der Waals surface area contributed by atoms with Crippen LogP contribution in [0.1, 0.15) is 86.3 Å². The summed E-state index contributed by atoms with van der Waals surface area (Å²) in [6, 6.07) is 9.62. The number of pyridine rings is 1. The largest absolute Gasteiger partial charge is 0.481 e. The summed E-state index contributed by atoms with van der Waals surface area (Å²) >= 11 is 6.63. The van der Waals surface area contributed by atoms with Gasteiger partial charge >= 0.3 is 5.97 Å². The summed E-state index contributed by atoms with van der Waals surface area (Å²) in [4.78, 5) is 27.1. The molecule has 32 heavy (non-hydrogen) atoms. The quantitative estimate of drug-likeness (QED) is 0.480. The van der Waals surface area contributed by atoms with Gasteiger partial charge in [-0.25, -0.2) is 0 Å². The molecule has 2 aliphatic carbocycles. The molecule has 0 aliphatic heterocycles. The maximum atomic E-state index is 12.7. The molecule has 1 aromatic carbocycles. The van der Waals surface area contributed by atoms with Crippen molar-refractivity contribution in [1.29, 1.82) is 0 Å². The molecule has 0 bridgehead atoms. The van der Waals surface area contributed by atoms with Gasteiger partial charge in [0.05, 0.1) is 12.5 Å². The number of halogens is 1. The molecule has 2 saturated carbocycles. The van der Waals surface area contributed by atoms with E-state index in [9.17, 15) is 14.7 Å². The number of carboxylic acid groups (broad SMARTS) is 1. The lowest BCUT2D eigenvalue weighted by atomic mass is 9.94. The lowest BCUT2D eigenvalue weighted by Crippen LogP contribution is -2.14. The fraction of sp³-hybridized carbons (Fsp3) is 0.462. The van der Waals surface area contributed by atoms with Crippen molar-refractivity contribution in [3.8, 4) is 0 Å². The van der Waals surface area contributed by atoms with Crippen molar-refractivity contribution >= 4 is 23.1 Å². The van der Waals surface area contributed by atoms with E-state index in [4.69, 9.17) is 16.3 Å². The highest BCUT2D eigenvalue weighted by molar-refractivity contribution is 6.31. The molecule has 5 nitrogen and oxygen atoms in total. The third-order valence-electron chi connectivity index (χ3n) is 6.44. The van der Waals surface area contributed by atoms with E-state index in [2.05, 4.69) is 11.1 Å². The molecule has 1 unspecified atom stereocenters. The van der Waals surface area contributed by atoms with E-state index in [0.717, 1.165) is 48.1 Å². The van der Waals surface area contributed by atoms with Gasteiger partial charge in [-0.2, -0.15) is 0 Å². The van der Waals surface area contributed by atoms with E-state index in [-0.39, 0.29) is 12.0 Å². The first-order valence-electron chi connectivity index (χ1n) is 11.5. The Balaban J connectivity index is 1.71. The van der Waals surface area contributed by atoms with Gasteiger partial charge in [-0.15, -0.1) is 0 Å². The predicted octanol–water partition coefficient (Wildman–Crippen LogP) is 6.08. The molecule has 4 rings (SSSR count). The zero-order valence-electron chi connectivity index (χ0n) is 18.4. The van der Waals surface area contributed by atoms with Crippen molar-refractivity contribution in [1.82, 2.24) is 4.98 Å². The molecule has 6 heteroatoms. The topological polar surface area (TPSA) is 79.4 Å². The highest BCUT2D eigenvalue weighted by Gasteiger charge is 2.27. The third-order valence-corrected chi connectivity index (χ3v) is 6.76. The number of carboxylic acids is 1. The molecular weight excluding hydrogens is 426 g/mol. The van der Waals surface area contributed by atoms with Crippen molar-refractivity contribution in [3.63, 3.8) is 0 Å². The molecule has 0 radical (unpaired) electrons. The third kappa shape index (κ3) is 5.33. The first-order valence-corrected chi connectivity index (χ1v) is 11.9. The second kappa shape index (κ2) is 10.1. The van der Waals surface area contributed by atoms with Crippen LogP contribution in [0.3, 0.4) is 0 Å². The van der Waals surface area contributed by atoms with Crippen LogP contribution in [0.4, 0.5) is 0 Å². The van der Waals surface area contributed by atoms with Crippen molar-refractivity contribution < 1.29 is 14.6 Å². The Hall–Kier alpha value is -2.37. The number of aliphatic carboxylic acids is 1. The van der Waals surface area contributed by atoms with E-state index in [1.165, 1.54) is 12.8 Å². The molecule has 1 atom stereocenters. The van der Waals surface area contributed by atoms with Crippen molar-refractivity contribution in [2.75, 3.05) is 6.61 Å². The molecular formula is C26H30ClNO4. The Labute approximate surface area is 193 Å². The number of nitrogens with one attached hydrogen (secondary N) is 1. The summed E-state index contributed by atoms with van der Waals surface area (Å²) in [5.41, 5.74) is 4.19. The number of allylic oxidation sites excluding steroid dienone is 1. The maximum Gasteiger partial charge on any atom is 0.306 e. The molecule has 2 N–H and O–H groups in total. The summed E-state index contributed by atoms with van der Waals surface area (Å²) in [7, 11) is 0. The number of aromatic amines is 1. The van der Waals surface area contributed by atoms with E-state index in [1.54, 1.807) is 0 Å². The van der Waals surface area contributed by atoms with Crippen LogP contribution in [0, 0.1) is 5.92 Å². The Kier molecular flexibility index (Phi) is 7.17. The molecule has 1 aromatic heterocycles. The summed E-state index contributed by atoms with van der Waals surface area (Å²) in [6.45, 7) is 2.23. The number of aromatic nitrogens is 1. The average Bonchev–Trinajstić information content (AvgIpc) is 3.46. The molecule has 2 fully saturated rings. The number of ether oxygens (including phenoxy) is 1. The average molecular weight is 456 g/mol.